The van der Waals surface area contributed by atoms with Crippen LogP contribution in [0.2, 0.25) is 0 Å². The van der Waals surface area contributed by atoms with E-state index >= 15 is 0 Å². The number of thioether (sulfide) groups is 1. The molecule has 0 aliphatic carbocycles. The van der Waals surface area contributed by atoms with Crippen molar-refractivity contribution in [2.45, 2.75) is 51.1 Å². The van der Waals surface area contributed by atoms with Gasteiger partial charge in [-0.2, -0.15) is 0 Å². The molecule has 0 aliphatic heterocycles. The first-order chi connectivity index (χ1) is 7.69. The quantitative estimate of drug-likeness (QED) is 0.742. The molecule has 0 aromatic heterocycles. The Hall–Kier alpha value is -0.470. The zero-order chi connectivity index (χ0) is 12.0. The summed E-state index contributed by atoms with van der Waals surface area (Å²) in [6.45, 7) is 8.92. The van der Waals surface area contributed by atoms with Crippen molar-refractivity contribution in [3.63, 3.8) is 0 Å². The highest BCUT2D eigenvalue weighted by Crippen LogP contribution is 2.27. The van der Waals surface area contributed by atoms with Crippen LogP contribution in [0.3, 0.4) is 0 Å². The molecule has 0 radical (unpaired) electrons. The Morgan fingerprint density at radius 3 is 2.50 bits per heavy atom. The standard InChI is InChI=1S/C14H23NS/c1-5-11(3)15-12(4)13-9-7-8-10-14(13)16-6-2/h7-12,15H,5-6H2,1-4H3. The van der Waals surface area contributed by atoms with E-state index in [1.165, 1.54) is 16.9 Å². The lowest BCUT2D eigenvalue weighted by Gasteiger charge is -2.21. The van der Waals surface area contributed by atoms with Crippen LogP contribution < -0.4 is 5.32 Å². The molecule has 0 spiro atoms. The first-order valence-corrected chi connectivity index (χ1v) is 7.15. The van der Waals surface area contributed by atoms with Gasteiger partial charge in [0, 0.05) is 17.0 Å². The average molecular weight is 237 g/mol. The maximum Gasteiger partial charge on any atom is 0.0305 e. The second kappa shape index (κ2) is 6.97. The van der Waals surface area contributed by atoms with Crippen molar-refractivity contribution in [3.05, 3.63) is 29.8 Å². The van der Waals surface area contributed by atoms with Crippen LogP contribution in [0.25, 0.3) is 0 Å². The average Bonchev–Trinajstić information content (AvgIpc) is 2.30. The topological polar surface area (TPSA) is 12.0 Å². The van der Waals surface area contributed by atoms with Gasteiger partial charge in [0.1, 0.15) is 0 Å². The van der Waals surface area contributed by atoms with Gasteiger partial charge >= 0.3 is 0 Å². The molecule has 0 saturated carbocycles. The molecule has 1 rings (SSSR count). The Labute approximate surface area is 104 Å². The van der Waals surface area contributed by atoms with Gasteiger partial charge in [-0.05, 0) is 37.7 Å². The number of benzene rings is 1. The highest BCUT2D eigenvalue weighted by atomic mass is 32.2. The monoisotopic (exact) mass is 237 g/mol. The summed E-state index contributed by atoms with van der Waals surface area (Å²) in [5.74, 6) is 1.13. The van der Waals surface area contributed by atoms with Crippen LogP contribution in [0.1, 0.15) is 45.7 Å². The van der Waals surface area contributed by atoms with Gasteiger partial charge in [0.05, 0.1) is 0 Å². The van der Waals surface area contributed by atoms with Gasteiger partial charge < -0.3 is 5.32 Å². The molecule has 0 fully saturated rings. The van der Waals surface area contributed by atoms with Crippen LogP contribution in [0, 0.1) is 0 Å². The first-order valence-electron chi connectivity index (χ1n) is 6.16. The van der Waals surface area contributed by atoms with Crippen molar-refractivity contribution >= 4 is 11.8 Å². The smallest absolute Gasteiger partial charge is 0.0305 e. The van der Waals surface area contributed by atoms with Crippen molar-refractivity contribution in [3.8, 4) is 0 Å². The molecule has 2 atom stereocenters. The molecule has 2 heteroatoms. The van der Waals surface area contributed by atoms with Crippen molar-refractivity contribution in [1.29, 1.82) is 0 Å². The van der Waals surface area contributed by atoms with E-state index in [9.17, 15) is 0 Å². The minimum atomic E-state index is 0.435. The van der Waals surface area contributed by atoms with E-state index in [0.29, 0.717) is 12.1 Å². The summed E-state index contributed by atoms with van der Waals surface area (Å²) < 4.78 is 0. The second-order valence-electron chi connectivity index (χ2n) is 4.17. The van der Waals surface area contributed by atoms with E-state index < -0.39 is 0 Å². The Kier molecular flexibility index (Phi) is 5.93. The molecule has 1 nitrogen and oxygen atoms in total. The molecule has 0 amide bonds. The van der Waals surface area contributed by atoms with Gasteiger partial charge in [-0.25, -0.2) is 0 Å². The molecule has 90 valence electrons. The van der Waals surface area contributed by atoms with E-state index in [2.05, 4.69) is 57.3 Å². The fraction of sp³-hybridized carbons (Fsp3) is 0.571. The zero-order valence-electron chi connectivity index (χ0n) is 10.8. The third-order valence-corrected chi connectivity index (χ3v) is 3.80. The number of nitrogens with one attached hydrogen (secondary N) is 1. The molecular weight excluding hydrogens is 214 g/mol. The van der Waals surface area contributed by atoms with Crippen molar-refractivity contribution in [2.75, 3.05) is 5.75 Å². The molecule has 16 heavy (non-hydrogen) atoms. The van der Waals surface area contributed by atoms with Gasteiger partial charge in [-0.1, -0.05) is 32.0 Å². The predicted octanol–water partition coefficient (Wildman–Crippen LogP) is 4.25. The Balaban J connectivity index is 2.77. The Bertz CT molecular complexity index is 311. The van der Waals surface area contributed by atoms with Crippen molar-refractivity contribution < 1.29 is 0 Å². The lowest BCUT2D eigenvalue weighted by atomic mass is 10.1. The molecule has 0 bridgehead atoms. The summed E-state index contributed by atoms with van der Waals surface area (Å²) in [6.07, 6.45) is 1.17. The third kappa shape index (κ3) is 3.84. The molecule has 1 aromatic rings. The van der Waals surface area contributed by atoms with Gasteiger partial charge in [0.15, 0.2) is 0 Å². The highest BCUT2D eigenvalue weighted by molar-refractivity contribution is 7.99. The lowest BCUT2D eigenvalue weighted by molar-refractivity contribution is 0.465. The van der Waals surface area contributed by atoms with Crippen LogP contribution in [-0.4, -0.2) is 11.8 Å². The Morgan fingerprint density at radius 1 is 1.19 bits per heavy atom. The van der Waals surface area contributed by atoms with E-state index in [1.54, 1.807) is 0 Å². The summed E-state index contributed by atoms with van der Waals surface area (Å²) in [5, 5.41) is 3.63. The molecule has 1 N–H and O–H groups in total. The van der Waals surface area contributed by atoms with Crippen LogP contribution >= 0.6 is 11.8 Å². The third-order valence-electron chi connectivity index (χ3n) is 2.83. The maximum atomic E-state index is 3.63. The minimum Gasteiger partial charge on any atom is -0.308 e. The fourth-order valence-corrected chi connectivity index (χ4v) is 2.66. The summed E-state index contributed by atoms with van der Waals surface area (Å²) >= 11 is 1.92. The summed E-state index contributed by atoms with van der Waals surface area (Å²) in [7, 11) is 0. The Morgan fingerprint density at radius 2 is 1.88 bits per heavy atom. The van der Waals surface area contributed by atoms with Crippen LogP contribution in [0.5, 0.6) is 0 Å². The van der Waals surface area contributed by atoms with Gasteiger partial charge in [-0.3, -0.25) is 0 Å². The van der Waals surface area contributed by atoms with Crippen molar-refractivity contribution in [1.82, 2.24) is 5.32 Å². The van der Waals surface area contributed by atoms with Gasteiger partial charge in [0.25, 0.3) is 0 Å². The largest absolute Gasteiger partial charge is 0.308 e. The molecule has 2 unspecified atom stereocenters. The van der Waals surface area contributed by atoms with Crippen LogP contribution in [-0.2, 0) is 0 Å². The van der Waals surface area contributed by atoms with E-state index in [0.717, 1.165) is 5.75 Å². The number of rotatable bonds is 6. The second-order valence-corrected chi connectivity index (χ2v) is 5.47. The summed E-state index contributed by atoms with van der Waals surface area (Å²) in [6, 6.07) is 9.72. The number of hydrogen-bond acceptors (Lipinski definition) is 2. The fourth-order valence-electron chi connectivity index (χ4n) is 1.76. The SMILES string of the molecule is CCSc1ccccc1C(C)NC(C)CC. The van der Waals surface area contributed by atoms with Crippen molar-refractivity contribution in [2.24, 2.45) is 0 Å². The van der Waals surface area contributed by atoms with Gasteiger partial charge in [0.2, 0.25) is 0 Å². The maximum absolute atomic E-state index is 3.63. The van der Waals surface area contributed by atoms with E-state index in [4.69, 9.17) is 0 Å². The van der Waals surface area contributed by atoms with Crippen LogP contribution in [0.15, 0.2) is 29.2 Å². The van der Waals surface area contributed by atoms with E-state index in [1.807, 2.05) is 11.8 Å². The highest BCUT2D eigenvalue weighted by Gasteiger charge is 2.11. The molecule has 1 aromatic carbocycles. The van der Waals surface area contributed by atoms with Gasteiger partial charge in [-0.15, -0.1) is 11.8 Å². The van der Waals surface area contributed by atoms with Crippen LogP contribution in [0.4, 0.5) is 0 Å². The summed E-state index contributed by atoms with van der Waals surface area (Å²) in [5.41, 5.74) is 1.43. The molecular formula is C14H23NS. The summed E-state index contributed by atoms with van der Waals surface area (Å²) in [4.78, 5) is 1.41. The lowest BCUT2D eigenvalue weighted by Crippen LogP contribution is -2.28. The minimum absolute atomic E-state index is 0.435. The zero-order valence-corrected chi connectivity index (χ0v) is 11.6. The normalized spacial score (nSPS) is 14.8. The van der Waals surface area contributed by atoms with E-state index in [-0.39, 0.29) is 0 Å². The molecule has 0 saturated heterocycles. The first kappa shape index (κ1) is 13.6. The molecule has 0 aliphatic rings. The number of hydrogen-bond donors (Lipinski definition) is 1. The molecule has 0 heterocycles. The predicted molar refractivity (Wildman–Crippen MR) is 74.1 cm³/mol.